The molecule has 0 spiro atoms. The number of nitrogens with one attached hydrogen (secondary N) is 1. The normalized spacial score (nSPS) is 21.7. The van der Waals surface area contributed by atoms with Crippen molar-refractivity contribution in [1.82, 2.24) is 10.2 Å². The summed E-state index contributed by atoms with van der Waals surface area (Å²) in [5.74, 6) is -0.523. The number of nitrogens with zero attached hydrogens (tertiary/aromatic N) is 1. The second-order valence-electron chi connectivity index (χ2n) is 10.0. The molecular weight excluding hydrogens is 376 g/mol. The molecule has 1 aliphatic heterocycles. The van der Waals surface area contributed by atoms with Crippen LogP contribution in [0.15, 0.2) is 12.1 Å². The summed E-state index contributed by atoms with van der Waals surface area (Å²) in [6.07, 6.45) is 4.61. The molecule has 1 saturated carbocycles. The first kappa shape index (κ1) is 22.5. The van der Waals surface area contributed by atoms with Gasteiger partial charge >= 0.3 is 0 Å². The van der Waals surface area contributed by atoms with Crippen molar-refractivity contribution in [1.29, 1.82) is 0 Å². The third-order valence-corrected chi connectivity index (χ3v) is 6.75. The van der Waals surface area contributed by atoms with Gasteiger partial charge in [-0.3, -0.25) is 19.3 Å². The zero-order valence-electron chi connectivity index (χ0n) is 19.1. The van der Waals surface area contributed by atoms with Crippen LogP contribution in [0.25, 0.3) is 0 Å². The summed E-state index contributed by atoms with van der Waals surface area (Å²) < 4.78 is 0. The van der Waals surface area contributed by atoms with E-state index < -0.39 is 0 Å². The molecule has 164 valence electrons. The molecule has 0 aromatic heterocycles. The number of carbonyl (C=O) groups excluding carboxylic acids is 3. The highest BCUT2D eigenvalue weighted by molar-refractivity contribution is 6.05. The van der Waals surface area contributed by atoms with E-state index in [1.807, 2.05) is 0 Å². The summed E-state index contributed by atoms with van der Waals surface area (Å²) in [5, 5.41) is 2.96. The van der Waals surface area contributed by atoms with E-state index in [1.165, 1.54) is 27.2 Å². The van der Waals surface area contributed by atoms with Crippen LogP contribution in [-0.2, 0) is 26.2 Å². The maximum absolute atomic E-state index is 12.5. The second-order valence-corrected chi connectivity index (χ2v) is 10.0. The third-order valence-electron chi connectivity index (χ3n) is 6.75. The summed E-state index contributed by atoms with van der Waals surface area (Å²) in [4.78, 5) is 38.7. The number of likely N-dealkylation sites (tertiary alicyclic amines) is 1. The minimum Gasteiger partial charge on any atom is -0.356 e. The van der Waals surface area contributed by atoms with Gasteiger partial charge in [-0.05, 0) is 60.8 Å². The zero-order valence-corrected chi connectivity index (χ0v) is 19.1. The van der Waals surface area contributed by atoms with Crippen LogP contribution in [0, 0.1) is 25.7 Å². The molecule has 3 amide bonds. The Labute approximate surface area is 180 Å². The SMILES string of the molecule is Cc1cc(C(C)(C)C)cc(C)c1CCNC(=O)CCN1C(=O)[C@H]2CCCC[C@@H]2C1=O. The van der Waals surface area contributed by atoms with Crippen LogP contribution in [0.3, 0.4) is 0 Å². The fourth-order valence-corrected chi connectivity index (χ4v) is 4.90. The third kappa shape index (κ3) is 4.76. The van der Waals surface area contributed by atoms with Gasteiger partial charge < -0.3 is 5.32 Å². The van der Waals surface area contributed by atoms with Gasteiger partial charge in [-0.2, -0.15) is 0 Å². The van der Waals surface area contributed by atoms with Gasteiger partial charge in [0.2, 0.25) is 17.7 Å². The Kier molecular flexibility index (Phi) is 6.68. The minimum absolute atomic E-state index is 0.0670. The summed E-state index contributed by atoms with van der Waals surface area (Å²) in [6.45, 7) is 11.7. The molecule has 3 rings (SSSR count). The summed E-state index contributed by atoms with van der Waals surface area (Å²) in [7, 11) is 0. The van der Waals surface area contributed by atoms with Crippen molar-refractivity contribution < 1.29 is 14.4 Å². The highest BCUT2D eigenvalue weighted by Crippen LogP contribution is 2.38. The van der Waals surface area contributed by atoms with E-state index in [0.717, 1.165) is 32.1 Å². The molecule has 30 heavy (non-hydrogen) atoms. The van der Waals surface area contributed by atoms with E-state index in [4.69, 9.17) is 0 Å². The number of rotatable bonds is 6. The molecule has 2 aliphatic rings. The van der Waals surface area contributed by atoms with E-state index >= 15 is 0 Å². The molecule has 1 N–H and O–H groups in total. The molecule has 1 heterocycles. The number of carbonyl (C=O) groups is 3. The number of hydrogen-bond donors (Lipinski definition) is 1. The lowest BCUT2D eigenvalue weighted by molar-refractivity contribution is -0.140. The topological polar surface area (TPSA) is 66.5 Å². The predicted molar refractivity (Wildman–Crippen MR) is 118 cm³/mol. The van der Waals surface area contributed by atoms with Crippen molar-refractivity contribution in [2.45, 2.75) is 78.6 Å². The molecule has 0 unspecified atom stereocenters. The lowest BCUT2D eigenvalue weighted by atomic mass is 9.81. The first-order chi connectivity index (χ1) is 14.1. The highest BCUT2D eigenvalue weighted by Gasteiger charge is 2.47. The van der Waals surface area contributed by atoms with Gasteiger partial charge in [0.1, 0.15) is 0 Å². The quantitative estimate of drug-likeness (QED) is 0.722. The van der Waals surface area contributed by atoms with Crippen LogP contribution in [-0.4, -0.2) is 35.7 Å². The number of imide groups is 1. The average molecular weight is 413 g/mol. The molecule has 1 aliphatic carbocycles. The van der Waals surface area contributed by atoms with Crippen LogP contribution >= 0.6 is 0 Å². The number of hydrogen-bond acceptors (Lipinski definition) is 3. The van der Waals surface area contributed by atoms with Crippen LogP contribution in [0.2, 0.25) is 0 Å². The van der Waals surface area contributed by atoms with Gasteiger partial charge in [0.05, 0.1) is 11.8 Å². The second kappa shape index (κ2) is 8.91. The van der Waals surface area contributed by atoms with Crippen molar-refractivity contribution in [3.05, 3.63) is 34.4 Å². The van der Waals surface area contributed by atoms with Gasteiger partial charge in [-0.25, -0.2) is 0 Å². The summed E-state index contributed by atoms with van der Waals surface area (Å²) >= 11 is 0. The van der Waals surface area contributed by atoms with Gasteiger partial charge in [-0.15, -0.1) is 0 Å². The molecule has 1 aromatic rings. The molecule has 5 heteroatoms. The van der Waals surface area contributed by atoms with E-state index in [2.05, 4.69) is 52.1 Å². The average Bonchev–Trinajstić information content (AvgIpc) is 2.92. The van der Waals surface area contributed by atoms with Crippen LogP contribution in [0.5, 0.6) is 0 Å². The maximum Gasteiger partial charge on any atom is 0.233 e. The van der Waals surface area contributed by atoms with Crippen molar-refractivity contribution in [3.8, 4) is 0 Å². The van der Waals surface area contributed by atoms with Crippen molar-refractivity contribution in [3.63, 3.8) is 0 Å². The summed E-state index contributed by atoms with van der Waals surface area (Å²) in [5.41, 5.74) is 5.22. The van der Waals surface area contributed by atoms with Gasteiger partial charge in [-0.1, -0.05) is 45.7 Å². The van der Waals surface area contributed by atoms with E-state index in [9.17, 15) is 14.4 Å². The number of benzene rings is 1. The number of amides is 3. The Morgan fingerprint density at radius 3 is 2.07 bits per heavy atom. The smallest absolute Gasteiger partial charge is 0.233 e. The Hall–Kier alpha value is -2.17. The van der Waals surface area contributed by atoms with Crippen LogP contribution in [0.1, 0.15) is 75.1 Å². The molecule has 0 bridgehead atoms. The molecule has 0 radical (unpaired) electrons. The lowest BCUT2D eigenvalue weighted by Gasteiger charge is -2.22. The molecule has 2 atom stereocenters. The van der Waals surface area contributed by atoms with Crippen LogP contribution in [0.4, 0.5) is 0 Å². The first-order valence-corrected chi connectivity index (χ1v) is 11.3. The Bertz CT molecular complexity index is 790. The Morgan fingerprint density at radius 1 is 1.03 bits per heavy atom. The van der Waals surface area contributed by atoms with Crippen molar-refractivity contribution in [2.24, 2.45) is 11.8 Å². The first-order valence-electron chi connectivity index (χ1n) is 11.3. The van der Waals surface area contributed by atoms with Gasteiger partial charge in [0, 0.05) is 19.5 Å². The standard InChI is InChI=1S/C25H36N2O3/c1-16-14-18(25(3,4)5)15-17(2)19(16)10-12-26-22(28)11-13-27-23(29)20-8-6-7-9-21(20)24(27)30/h14-15,20-21H,6-13H2,1-5H3,(H,26,28)/t20-,21-/m0/s1. The number of fused-ring (bicyclic) bond motifs is 1. The van der Waals surface area contributed by atoms with Crippen molar-refractivity contribution >= 4 is 17.7 Å². The monoisotopic (exact) mass is 412 g/mol. The minimum atomic E-state index is -0.142. The predicted octanol–water partition coefficient (Wildman–Crippen LogP) is 3.82. The van der Waals surface area contributed by atoms with Gasteiger partial charge in [0.25, 0.3) is 0 Å². The van der Waals surface area contributed by atoms with Crippen molar-refractivity contribution in [2.75, 3.05) is 13.1 Å². The Morgan fingerprint density at radius 2 is 1.57 bits per heavy atom. The van der Waals surface area contributed by atoms with E-state index in [-0.39, 0.29) is 47.9 Å². The maximum atomic E-state index is 12.5. The molecule has 5 nitrogen and oxygen atoms in total. The van der Waals surface area contributed by atoms with E-state index in [0.29, 0.717) is 6.54 Å². The molecule has 1 saturated heterocycles. The number of aryl methyl sites for hydroxylation is 2. The fraction of sp³-hybridized carbons (Fsp3) is 0.640. The molecule has 1 aromatic carbocycles. The fourth-order valence-electron chi connectivity index (χ4n) is 4.90. The van der Waals surface area contributed by atoms with Gasteiger partial charge in [0.15, 0.2) is 0 Å². The van der Waals surface area contributed by atoms with E-state index in [1.54, 1.807) is 0 Å². The highest BCUT2D eigenvalue weighted by atomic mass is 16.2. The largest absolute Gasteiger partial charge is 0.356 e. The lowest BCUT2D eigenvalue weighted by Crippen LogP contribution is -2.36. The molecular formula is C25H36N2O3. The summed E-state index contributed by atoms with van der Waals surface area (Å²) in [6, 6.07) is 4.49. The molecule has 2 fully saturated rings. The van der Waals surface area contributed by atoms with Crippen LogP contribution < -0.4 is 5.32 Å². The zero-order chi connectivity index (χ0) is 22.1. The Balaban J connectivity index is 1.49.